The fraction of sp³-hybridized carbons (Fsp3) is 0.125. The van der Waals surface area contributed by atoms with E-state index in [1.165, 1.54) is 37.5 Å². The van der Waals surface area contributed by atoms with Crippen LogP contribution in [-0.4, -0.2) is 38.4 Å². The van der Waals surface area contributed by atoms with Crippen molar-refractivity contribution in [3.05, 3.63) is 63.1 Å². The molecule has 26 heavy (non-hydrogen) atoms. The van der Waals surface area contributed by atoms with Gasteiger partial charge in [-0.15, -0.1) is 0 Å². The lowest BCUT2D eigenvalue weighted by Crippen LogP contribution is -2.36. The van der Waals surface area contributed by atoms with E-state index in [1.807, 2.05) is 0 Å². The zero-order valence-corrected chi connectivity index (χ0v) is 16.6. The van der Waals surface area contributed by atoms with Gasteiger partial charge in [0, 0.05) is 12.1 Å². The number of hydrazone groups is 1. The third-order valence-corrected chi connectivity index (χ3v) is 6.04. The molecule has 2 aromatic rings. The van der Waals surface area contributed by atoms with Crippen LogP contribution in [0.3, 0.4) is 0 Å². The number of hydrogen-bond donors (Lipinski definition) is 1. The van der Waals surface area contributed by atoms with Crippen molar-refractivity contribution in [1.29, 1.82) is 0 Å². The third kappa shape index (κ3) is 5.43. The first-order chi connectivity index (χ1) is 12.2. The van der Waals surface area contributed by atoms with Crippen LogP contribution in [0.2, 0.25) is 15.1 Å². The van der Waals surface area contributed by atoms with Crippen LogP contribution in [0.25, 0.3) is 0 Å². The quantitative estimate of drug-likeness (QED) is 0.559. The number of sulfonamides is 1. The van der Waals surface area contributed by atoms with E-state index in [4.69, 9.17) is 34.8 Å². The molecule has 1 amide bonds. The molecule has 0 heterocycles. The molecule has 2 rings (SSSR count). The van der Waals surface area contributed by atoms with Crippen LogP contribution in [0.4, 0.5) is 0 Å². The van der Waals surface area contributed by atoms with Crippen LogP contribution in [0.15, 0.2) is 52.5 Å². The first-order valence-electron chi connectivity index (χ1n) is 7.19. The third-order valence-electron chi connectivity index (χ3n) is 3.23. The molecule has 2 aromatic carbocycles. The van der Waals surface area contributed by atoms with Crippen LogP contribution < -0.4 is 5.43 Å². The Labute approximate surface area is 166 Å². The molecular weight excluding hydrogens is 421 g/mol. The Bertz CT molecular complexity index is 932. The summed E-state index contributed by atoms with van der Waals surface area (Å²) in [7, 11) is -2.51. The van der Waals surface area contributed by atoms with E-state index in [0.29, 0.717) is 20.6 Å². The summed E-state index contributed by atoms with van der Waals surface area (Å²) in [6, 6.07) is 10.5. The zero-order valence-electron chi connectivity index (χ0n) is 13.5. The van der Waals surface area contributed by atoms with Gasteiger partial charge in [0.25, 0.3) is 5.91 Å². The lowest BCUT2D eigenvalue weighted by molar-refractivity contribution is -0.121. The topological polar surface area (TPSA) is 78.8 Å². The first-order valence-corrected chi connectivity index (χ1v) is 9.76. The molecule has 0 atom stereocenters. The van der Waals surface area contributed by atoms with Gasteiger partial charge in [0.1, 0.15) is 0 Å². The molecule has 0 radical (unpaired) electrons. The Morgan fingerprint density at radius 3 is 2.38 bits per heavy atom. The fourth-order valence-electron chi connectivity index (χ4n) is 1.88. The number of halogens is 3. The number of amides is 1. The lowest BCUT2D eigenvalue weighted by atomic mass is 10.2. The lowest BCUT2D eigenvalue weighted by Gasteiger charge is -2.16. The maximum absolute atomic E-state index is 12.4. The van der Waals surface area contributed by atoms with Gasteiger partial charge < -0.3 is 0 Å². The normalized spacial score (nSPS) is 11.9. The standard InChI is InChI=1S/C16H14Cl3N3O3S/c1-22(26(24,25)13-5-3-12(17)4-6-13)10-16(23)21-20-9-11-2-7-14(18)15(19)8-11/h2-9H,10H2,1H3,(H,21,23)/b20-9-. The molecule has 0 fully saturated rings. The highest BCUT2D eigenvalue weighted by Crippen LogP contribution is 2.21. The maximum Gasteiger partial charge on any atom is 0.255 e. The molecule has 138 valence electrons. The summed E-state index contributed by atoms with van der Waals surface area (Å²) in [6.07, 6.45) is 1.37. The van der Waals surface area contributed by atoms with Gasteiger partial charge in [0.05, 0.1) is 27.7 Å². The van der Waals surface area contributed by atoms with Crippen molar-refractivity contribution < 1.29 is 13.2 Å². The number of nitrogens with zero attached hydrogens (tertiary/aromatic N) is 2. The van der Waals surface area contributed by atoms with Gasteiger partial charge in [-0.2, -0.15) is 9.41 Å². The molecule has 1 N–H and O–H groups in total. The molecule has 0 aliphatic rings. The fourth-order valence-corrected chi connectivity index (χ4v) is 3.44. The predicted molar refractivity (Wildman–Crippen MR) is 103 cm³/mol. The van der Waals surface area contributed by atoms with E-state index >= 15 is 0 Å². The monoisotopic (exact) mass is 433 g/mol. The van der Waals surface area contributed by atoms with Crippen molar-refractivity contribution in [2.75, 3.05) is 13.6 Å². The summed E-state index contributed by atoms with van der Waals surface area (Å²) in [5.41, 5.74) is 2.88. The summed E-state index contributed by atoms with van der Waals surface area (Å²) in [6.45, 7) is -0.399. The van der Waals surface area contributed by atoms with Crippen molar-refractivity contribution >= 4 is 56.9 Å². The second-order valence-electron chi connectivity index (χ2n) is 5.18. The van der Waals surface area contributed by atoms with Crippen molar-refractivity contribution in [3.8, 4) is 0 Å². The minimum atomic E-state index is -3.81. The molecule has 0 aliphatic heterocycles. The van der Waals surface area contributed by atoms with E-state index < -0.39 is 22.5 Å². The second kappa shape index (κ2) is 8.83. The van der Waals surface area contributed by atoms with Gasteiger partial charge in [-0.25, -0.2) is 13.8 Å². The van der Waals surface area contributed by atoms with Crippen LogP contribution in [-0.2, 0) is 14.8 Å². The summed E-state index contributed by atoms with van der Waals surface area (Å²) in [5.74, 6) is -0.596. The largest absolute Gasteiger partial charge is 0.272 e. The highest BCUT2D eigenvalue weighted by atomic mass is 35.5. The summed E-state index contributed by atoms with van der Waals surface area (Å²) in [4.78, 5) is 11.9. The first kappa shape index (κ1) is 20.7. The predicted octanol–water partition coefficient (Wildman–Crippen LogP) is 3.42. The molecule has 0 saturated carbocycles. The Morgan fingerprint density at radius 2 is 1.77 bits per heavy atom. The number of hydrogen-bond acceptors (Lipinski definition) is 4. The van der Waals surface area contributed by atoms with Crippen LogP contribution >= 0.6 is 34.8 Å². The molecule has 0 spiro atoms. The molecule has 0 unspecified atom stereocenters. The number of carbonyl (C=O) groups excluding carboxylic acids is 1. The van der Waals surface area contributed by atoms with Gasteiger partial charge in [-0.1, -0.05) is 40.9 Å². The highest BCUT2D eigenvalue weighted by molar-refractivity contribution is 7.89. The second-order valence-corrected chi connectivity index (χ2v) is 8.48. The summed E-state index contributed by atoms with van der Waals surface area (Å²) < 4.78 is 25.7. The molecule has 0 aliphatic carbocycles. The number of likely N-dealkylation sites (N-methyl/N-ethyl adjacent to an activating group) is 1. The molecule has 0 bridgehead atoms. The number of nitrogens with one attached hydrogen (secondary N) is 1. The van der Waals surface area contributed by atoms with Gasteiger partial charge >= 0.3 is 0 Å². The van der Waals surface area contributed by atoms with E-state index in [-0.39, 0.29) is 4.90 Å². The van der Waals surface area contributed by atoms with Crippen molar-refractivity contribution in [2.24, 2.45) is 5.10 Å². The summed E-state index contributed by atoms with van der Waals surface area (Å²) in [5, 5.41) is 4.95. The molecule has 6 nitrogen and oxygen atoms in total. The SMILES string of the molecule is CN(CC(=O)N/N=C\c1ccc(Cl)c(Cl)c1)S(=O)(=O)c1ccc(Cl)cc1. The van der Waals surface area contributed by atoms with E-state index in [1.54, 1.807) is 18.2 Å². The Balaban J connectivity index is 1.97. The Kier molecular flexibility index (Phi) is 7.02. The van der Waals surface area contributed by atoms with Crippen molar-refractivity contribution in [1.82, 2.24) is 9.73 Å². The average Bonchev–Trinajstić information content (AvgIpc) is 2.58. The number of benzene rings is 2. The Morgan fingerprint density at radius 1 is 1.12 bits per heavy atom. The molecular formula is C16H14Cl3N3O3S. The van der Waals surface area contributed by atoms with E-state index in [9.17, 15) is 13.2 Å². The van der Waals surface area contributed by atoms with Crippen LogP contribution in [0.1, 0.15) is 5.56 Å². The Hall–Kier alpha value is -1.64. The zero-order chi connectivity index (χ0) is 19.3. The van der Waals surface area contributed by atoms with Crippen molar-refractivity contribution in [2.45, 2.75) is 4.90 Å². The maximum atomic E-state index is 12.4. The van der Waals surface area contributed by atoms with Gasteiger partial charge in [0.15, 0.2) is 0 Å². The molecule has 10 heteroatoms. The van der Waals surface area contributed by atoms with Crippen LogP contribution in [0.5, 0.6) is 0 Å². The van der Waals surface area contributed by atoms with Crippen molar-refractivity contribution in [3.63, 3.8) is 0 Å². The summed E-state index contributed by atoms with van der Waals surface area (Å²) >= 11 is 17.4. The van der Waals surface area contributed by atoms with Gasteiger partial charge in [-0.05, 0) is 42.0 Å². The van der Waals surface area contributed by atoms with E-state index in [0.717, 1.165) is 4.31 Å². The van der Waals surface area contributed by atoms with Gasteiger partial charge in [-0.3, -0.25) is 4.79 Å². The number of carbonyl (C=O) groups is 1. The van der Waals surface area contributed by atoms with Gasteiger partial charge in [0.2, 0.25) is 10.0 Å². The molecule has 0 saturated heterocycles. The highest BCUT2D eigenvalue weighted by Gasteiger charge is 2.22. The van der Waals surface area contributed by atoms with E-state index in [2.05, 4.69) is 10.5 Å². The number of rotatable bonds is 6. The van der Waals surface area contributed by atoms with Crippen LogP contribution in [0, 0.1) is 0 Å². The minimum Gasteiger partial charge on any atom is -0.272 e. The average molecular weight is 435 g/mol. The smallest absolute Gasteiger partial charge is 0.255 e. The molecule has 0 aromatic heterocycles. The minimum absolute atomic E-state index is 0.0384.